The lowest BCUT2D eigenvalue weighted by atomic mass is 10.3. The van der Waals surface area contributed by atoms with Crippen molar-refractivity contribution in [1.29, 1.82) is 0 Å². The fraction of sp³-hybridized carbons (Fsp3) is 0.350. The van der Waals surface area contributed by atoms with E-state index in [2.05, 4.69) is 41.8 Å². The molecule has 0 spiro atoms. The second-order valence-corrected chi connectivity index (χ2v) is 7.15. The number of hydrogen-bond donors (Lipinski definition) is 2. The third kappa shape index (κ3) is 6.84. The Hall–Kier alpha value is -1.88. The number of aliphatic imine (C=N–C) groups is 1. The molecule has 1 unspecified atom stereocenters. The molecule has 1 atom stereocenters. The maximum atomic E-state index is 5.95. The van der Waals surface area contributed by atoms with Crippen LogP contribution in [0.2, 0.25) is 0 Å². The first-order chi connectivity index (χ1) is 13.7. The second kappa shape index (κ2) is 12.0. The number of benzene rings is 1. The number of pyridine rings is 1. The van der Waals surface area contributed by atoms with Crippen molar-refractivity contribution in [3.8, 4) is 5.75 Å². The molecule has 3 aromatic rings. The number of nitrogens with zero attached hydrogens (tertiary/aromatic N) is 4. The van der Waals surface area contributed by atoms with Crippen molar-refractivity contribution >= 4 is 51.5 Å². The Kier molecular flexibility index (Phi) is 9.65. The van der Waals surface area contributed by atoms with Gasteiger partial charge in [-0.2, -0.15) is 0 Å². The minimum atomic E-state index is -0.0467. The average molecular weight is 573 g/mol. The summed E-state index contributed by atoms with van der Waals surface area (Å²) in [7, 11) is 0. The van der Waals surface area contributed by atoms with Crippen molar-refractivity contribution in [3.63, 3.8) is 0 Å². The molecule has 0 saturated carbocycles. The summed E-state index contributed by atoms with van der Waals surface area (Å²) >= 11 is 3.50. The Balaban J connectivity index is 0.00000300. The van der Waals surface area contributed by atoms with Crippen LogP contribution in [0.3, 0.4) is 0 Å². The molecule has 0 saturated heterocycles. The number of rotatable bonds is 8. The summed E-state index contributed by atoms with van der Waals surface area (Å²) in [5.41, 5.74) is 0.858. The van der Waals surface area contributed by atoms with Gasteiger partial charge in [0.05, 0.1) is 11.0 Å². The van der Waals surface area contributed by atoms with Crippen LogP contribution in [-0.2, 0) is 6.42 Å². The molecule has 7 nitrogen and oxygen atoms in total. The predicted octanol–water partition coefficient (Wildman–Crippen LogP) is 3.67. The van der Waals surface area contributed by atoms with Crippen molar-refractivity contribution in [3.05, 3.63) is 59.0 Å². The first-order valence-corrected chi connectivity index (χ1v) is 10.2. The van der Waals surface area contributed by atoms with Gasteiger partial charge in [0.2, 0.25) is 0 Å². The normalized spacial score (nSPS) is 12.3. The number of nitrogens with one attached hydrogen (secondary N) is 2. The SMILES string of the molecule is CCNC(=NCC(C)Oc1ccccc1Br)NCCc1nnc2ccccn12.I. The molecular weight excluding hydrogens is 547 g/mol. The van der Waals surface area contributed by atoms with Crippen molar-refractivity contribution in [2.45, 2.75) is 26.4 Å². The van der Waals surface area contributed by atoms with Crippen molar-refractivity contribution in [2.24, 2.45) is 4.99 Å². The van der Waals surface area contributed by atoms with Crippen molar-refractivity contribution in [1.82, 2.24) is 25.2 Å². The fourth-order valence-corrected chi connectivity index (χ4v) is 3.09. The molecule has 3 rings (SSSR count). The van der Waals surface area contributed by atoms with Crippen LogP contribution >= 0.6 is 39.9 Å². The lowest BCUT2D eigenvalue weighted by Gasteiger charge is -2.16. The molecule has 1 aromatic carbocycles. The molecule has 2 N–H and O–H groups in total. The molecule has 0 radical (unpaired) electrons. The molecule has 156 valence electrons. The third-order valence-corrected chi connectivity index (χ3v) is 4.70. The Labute approximate surface area is 196 Å². The fourth-order valence-electron chi connectivity index (χ4n) is 2.71. The summed E-state index contributed by atoms with van der Waals surface area (Å²) < 4.78 is 8.89. The number of halogens is 2. The van der Waals surface area contributed by atoms with Gasteiger partial charge in [0, 0.05) is 25.7 Å². The molecule has 2 aromatic heterocycles. The smallest absolute Gasteiger partial charge is 0.191 e. The molecule has 9 heteroatoms. The van der Waals surface area contributed by atoms with Crippen LogP contribution in [0.15, 0.2) is 58.1 Å². The molecule has 0 fully saturated rings. The van der Waals surface area contributed by atoms with Crippen LogP contribution in [0.25, 0.3) is 5.65 Å². The molecule has 0 bridgehead atoms. The summed E-state index contributed by atoms with van der Waals surface area (Å²) in [6, 6.07) is 13.7. The maximum absolute atomic E-state index is 5.95. The van der Waals surface area contributed by atoms with Gasteiger partial charge in [0.15, 0.2) is 11.6 Å². The van der Waals surface area contributed by atoms with Gasteiger partial charge in [-0.05, 0) is 54.0 Å². The summed E-state index contributed by atoms with van der Waals surface area (Å²) in [5.74, 6) is 2.50. The zero-order chi connectivity index (χ0) is 19.8. The van der Waals surface area contributed by atoms with Crippen LogP contribution < -0.4 is 15.4 Å². The Morgan fingerprint density at radius 1 is 1.17 bits per heavy atom. The number of para-hydroxylation sites is 1. The summed E-state index contributed by atoms with van der Waals surface area (Å²) in [6.45, 7) is 6.10. The van der Waals surface area contributed by atoms with Crippen LogP contribution in [0.4, 0.5) is 0 Å². The number of ether oxygens (including phenoxy) is 1. The third-order valence-electron chi connectivity index (χ3n) is 4.04. The highest BCUT2D eigenvalue weighted by Crippen LogP contribution is 2.24. The highest BCUT2D eigenvalue weighted by molar-refractivity contribution is 14.0. The monoisotopic (exact) mass is 572 g/mol. The van der Waals surface area contributed by atoms with Gasteiger partial charge in [-0.1, -0.05) is 18.2 Å². The van der Waals surface area contributed by atoms with Crippen LogP contribution in [0.1, 0.15) is 19.7 Å². The quantitative estimate of drug-likeness (QED) is 0.245. The number of guanidine groups is 1. The van der Waals surface area contributed by atoms with Gasteiger partial charge in [-0.3, -0.25) is 4.40 Å². The highest BCUT2D eigenvalue weighted by Gasteiger charge is 2.08. The lowest BCUT2D eigenvalue weighted by molar-refractivity contribution is 0.228. The van der Waals surface area contributed by atoms with Gasteiger partial charge in [0.1, 0.15) is 17.7 Å². The van der Waals surface area contributed by atoms with E-state index < -0.39 is 0 Å². The van der Waals surface area contributed by atoms with E-state index in [1.807, 2.05) is 66.9 Å². The van der Waals surface area contributed by atoms with Gasteiger partial charge in [-0.25, -0.2) is 4.99 Å². The molecule has 29 heavy (non-hydrogen) atoms. The average Bonchev–Trinajstić information content (AvgIpc) is 3.11. The molecule has 0 aliphatic heterocycles. The van der Waals surface area contributed by atoms with E-state index in [9.17, 15) is 0 Å². The number of aromatic nitrogens is 3. The Morgan fingerprint density at radius 2 is 1.97 bits per heavy atom. The minimum absolute atomic E-state index is 0. The lowest BCUT2D eigenvalue weighted by Crippen LogP contribution is -2.39. The zero-order valence-electron chi connectivity index (χ0n) is 16.5. The van der Waals surface area contributed by atoms with Crippen molar-refractivity contribution in [2.75, 3.05) is 19.6 Å². The van der Waals surface area contributed by atoms with E-state index >= 15 is 0 Å². The first kappa shape index (κ1) is 23.4. The molecule has 2 heterocycles. The largest absolute Gasteiger partial charge is 0.488 e. The standard InChI is InChI=1S/C20H25BrN6O.HI/c1-3-22-20(24-14-15(2)28-17-9-5-4-8-16(17)21)23-12-11-19-26-25-18-10-6-7-13-27(18)19;/h4-10,13,15H,3,11-12,14H2,1-2H3,(H2,22,23,24);1H. The highest BCUT2D eigenvalue weighted by atomic mass is 127. The van der Waals surface area contributed by atoms with Crippen LogP contribution in [0.5, 0.6) is 5.75 Å². The van der Waals surface area contributed by atoms with E-state index in [1.165, 1.54) is 0 Å². The summed E-state index contributed by atoms with van der Waals surface area (Å²) in [6.07, 6.45) is 2.68. The second-order valence-electron chi connectivity index (χ2n) is 6.30. The van der Waals surface area contributed by atoms with Gasteiger partial charge < -0.3 is 15.4 Å². The first-order valence-electron chi connectivity index (χ1n) is 9.39. The van der Waals surface area contributed by atoms with Crippen LogP contribution in [0, 0.1) is 0 Å². The Morgan fingerprint density at radius 3 is 2.76 bits per heavy atom. The molecule has 0 amide bonds. The summed E-state index contributed by atoms with van der Waals surface area (Å²) in [5, 5.41) is 15.0. The zero-order valence-corrected chi connectivity index (χ0v) is 20.4. The number of hydrogen-bond acceptors (Lipinski definition) is 4. The maximum Gasteiger partial charge on any atom is 0.191 e. The predicted molar refractivity (Wildman–Crippen MR) is 130 cm³/mol. The van der Waals surface area contributed by atoms with E-state index in [1.54, 1.807) is 0 Å². The van der Waals surface area contributed by atoms with Gasteiger partial charge in [-0.15, -0.1) is 34.2 Å². The van der Waals surface area contributed by atoms with Crippen molar-refractivity contribution < 1.29 is 4.74 Å². The molecule has 0 aliphatic rings. The van der Waals surface area contributed by atoms with Gasteiger partial charge >= 0.3 is 0 Å². The van der Waals surface area contributed by atoms with E-state index in [4.69, 9.17) is 4.74 Å². The van der Waals surface area contributed by atoms with E-state index in [0.717, 1.165) is 40.6 Å². The number of fused-ring (bicyclic) bond motifs is 1. The molecule has 0 aliphatic carbocycles. The molecular formula is C20H26BrIN6O. The minimum Gasteiger partial charge on any atom is -0.488 e. The Bertz CT molecular complexity index is 932. The van der Waals surface area contributed by atoms with E-state index in [0.29, 0.717) is 13.1 Å². The summed E-state index contributed by atoms with van der Waals surface area (Å²) in [4.78, 5) is 4.63. The van der Waals surface area contributed by atoms with Crippen LogP contribution in [-0.4, -0.2) is 46.3 Å². The van der Waals surface area contributed by atoms with E-state index in [-0.39, 0.29) is 30.1 Å². The van der Waals surface area contributed by atoms with Gasteiger partial charge in [0.25, 0.3) is 0 Å². The topological polar surface area (TPSA) is 75.8 Å².